The van der Waals surface area contributed by atoms with Crippen molar-refractivity contribution in [2.45, 2.75) is 39.2 Å². The number of hydrogen-bond donors (Lipinski definition) is 0. The van der Waals surface area contributed by atoms with Crippen LogP contribution in [-0.4, -0.2) is 24.0 Å². The molecule has 0 bridgehead atoms. The van der Waals surface area contributed by atoms with E-state index in [9.17, 15) is 0 Å². The van der Waals surface area contributed by atoms with Gasteiger partial charge >= 0.3 is 0 Å². The Morgan fingerprint density at radius 2 is 2.00 bits per heavy atom. The van der Waals surface area contributed by atoms with Crippen molar-refractivity contribution < 1.29 is 0 Å². The van der Waals surface area contributed by atoms with Crippen LogP contribution in [0.2, 0.25) is 0 Å². The van der Waals surface area contributed by atoms with Crippen molar-refractivity contribution in [3.63, 3.8) is 0 Å². The van der Waals surface area contributed by atoms with Crippen molar-refractivity contribution in [2.24, 2.45) is 0 Å². The van der Waals surface area contributed by atoms with Gasteiger partial charge in [0.15, 0.2) is 0 Å². The van der Waals surface area contributed by atoms with Crippen LogP contribution in [0.5, 0.6) is 0 Å². The lowest BCUT2D eigenvalue weighted by molar-refractivity contribution is 0.201. The zero-order valence-electron chi connectivity index (χ0n) is 9.74. The van der Waals surface area contributed by atoms with Crippen LogP contribution in [0.4, 0.5) is 0 Å². The Balaban J connectivity index is 2.47. The average Bonchev–Trinajstić information content (AvgIpc) is 2.31. The maximum atomic E-state index is 8.77. The highest BCUT2D eigenvalue weighted by atomic mass is 15.1. The minimum Gasteiger partial charge on any atom is -0.297 e. The van der Waals surface area contributed by atoms with Crippen molar-refractivity contribution in [2.75, 3.05) is 13.1 Å². The molecule has 0 aromatic rings. The summed E-state index contributed by atoms with van der Waals surface area (Å²) in [5, 5.41) is 8.77. The van der Waals surface area contributed by atoms with Crippen LogP contribution >= 0.6 is 0 Å². The first-order valence-corrected chi connectivity index (χ1v) is 5.76. The first-order chi connectivity index (χ1) is 7.27. The Hall–Kier alpha value is -1.07. The third-order valence-electron chi connectivity index (χ3n) is 2.96. The molecular formula is C13H20N2. The summed E-state index contributed by atoms with van der Waals surface area (Å²) in [6.07, 6.45) is 9.90. The molecule has 15 heavy (non-hydrogen) atoms. The lowest BCUT2D eigenvalue weighted by Crippen LogP contribution is -2.36. The largest absolute Gasteiger partial charge is 0.297 e. The van der Waals surface area contributed by atoms with Crippen LogP contribution in [0.3, 0.4) is 0 Å². The monoisotopic (exact) mass is 204 g/mol. The smallest absolute Gasteiger partial charge is 0.0987 e. The second-order valence-electron chi connectivity index (χ2n) is 4.05. The second kappa shape index (κ2) is 6.42. The van der Waals surface area contributed by atoms with Crippen LogP contribution < -0.4 is 0 Å². The predicted molar refractivity (Wildman–Crippen MR) is 63.4 cm³/mol. The van der Waals surface area contributed by atoms with E-state index in [1.807, 2.05) is 19.1 Å². The molecule has 1 aliphatic rings. The molecule has 1 fully saturated rings. The van der Waals surface area contributed by atoms with Gasteiger partial charge in [0.1, 0.15) is 0 Å². The van der Waals surface area contributed by atoms with E-state index in [0.29, 0.717) is 6.04 Å². The van der Waals surface area contributed by atoms with Crippen LogP contribution in [0.15, 0.2) is 23.8 Å². The van der Waals surface area contributed by atoms with Gasteiger partial charge in [-0.3, -0.25) is 4.90 Å². The van der Waals surface area contributed by atoms with Crippen LogP contribution in [-0.2, 0) is 0 Å². The fourth-order valence-corrected chi connectivity index (χ4v) is 1.89. The van der Waals surface area contributed by atoms with E-state index in [2.05, 4.69) is 24.0 Å². The number of likely N-dealkylation sites (tertiary alicyclic amines) is 1. The standard InChI is InChI=1S/C13H20N2/c1-3-13(11-14)8-7-12(2)15-9-5-4-6-10-15/h3,7-8,12H,4-6,9-10H2,1-2H3/b8-7-,13-3+. The molecule has 0 aromatic heterocycles. The molecule has 2 nitrogen and oxygen atoms in total. The number of allylic oxidation sites excluding steroid dienone is 3. The molecule has 1 atom stereocenters. The molecule has 1 heterocycles. The molecule has 0 spiro atoms. The zero-order chi connectivity index (χ0) is 11.1. The summed E-state index contributed by atoms with van der Waals surface area (Å²) in [6.45, 7) is 6.49. The summed E-state index contributed by atoms with van der Waals surface area (Å²) in [7, 11) is 0. The lowest BCUT2D eigenvalue weighted by Gasteiger charge is -2.30. The Labute approximate surface area is 92.9 Å². The van der Waals surface area contributed by atoms with E-state index in [1.54, 1.807) is 0 Å². The zero-order valence-corrected chi connectivity index (χ0v) is 9.74. The maximum Gasteiger partial charge on any atom is 0.0987 e. The number of nitrogens with zero attached hydrogens (tertiary/aromatic N) is 2. The molecule has 0 radical (unpaired) electrons. The first kappa shape index (κ1) is 12.0. The Bertz CT molecular complexity index is 277. The molecule has 0 amide bonds. The summed E-state index contributed by atoms with van der Waals surface area (Å²) in [5.41, 5.74) is 0.749. The Morgan fingerprint density at radius 1 is 1.33 bits per heavy atom. The number of piperidine rings is 1. The third kappa shape index (κ3) is 3.89. The summed E-state index contributed by atoms with van der Waals surface area (Å²) < 4.78 is 0. The van der Waals surface area contributed by atoms with E-state index in [0.717, 1.165) is 5.57 Å². The summed E-state index contributed by atoms with van der Waals surface area (Å²) >= 11 is 0. The molecule has 1 rings (SSSR count). The van der Waals surface area contributed by atoms with Crippen LogP contribution in [0.25, 0.3) is 0 Å². The van der Waals surface area contributed by atoms with Gasteiger partial charge in [0.25, 0.3) is 0 Å². The summed E-state index contributed by atoms with van der Waals surface area (Å²) in [4.78, 5) is 2.48. The Kier molecular flexibility index (Phi) is 5.14. The van der Waals surface area contributed by atoms with Gasteiger partial charge in [-0.15, -0.1) is 0 Å². The highest BCUT2D eigenvalue weighted by molar-refractivity contribution is 5.32. The quantitative estimate of drug-likeness (QED) is 0.522. The molecule has 0 saturated carbocycles. The predicted octanol–water partition coefficient (Wildman–Crippen LogP) is 2.89. The topological polar surface area (TPSA) is 27.0 Å². The van der Waals surface area contributed by atoms with Crippen molar-refractivity contribution in [1.82, 2.24) is 4.90 Å². The molecule has 0 aromatic carbocycles. The number of rotatable bonds is 3. The van der Waals surface area contributed by atoms with E-state index in [4.69, 9.17) is 5.26 Å². The van der Waals surface area contributed by atoms with Gasteiger partial charge in [-0.05, 0) is 45.9 Å². The van der Waals surface area contributed by atoms with Crippen LogP contribution in [0, 0.1) is 11.3 Å². The average molecular weight is 204 g/mol. The van der Waals surface area contributed by atoms with Gasteiger partial charge in [0.05, 0.1) is 6.07 Å². The highest BCUT2D eigenvalue weighted by Gasteiger charge is 2.13. The molecule has 1 aliphatic heterocycles. The fraction of sp³-hybridized carbons (Fsp3) is 0.615. The summed E-state index contributed by atoms with van der Waals surface area (Å²) in [5.74, 6) is 0. The van der Waals surface area contributed by atoms with Crippen molar-refractivity contribution in [1.29, 1.82) is 5.26 Å². The lowest BCUT2D eigenvalue weighted by atomic mass is 10.1. The normalized spacial score (nSPS) is 21.5. The van der Waals surface area contributed by atoms with Gasteiger partial charge in [-0.1, -0.05) is 18.6 Å². The van der Waals surface area contributed by atoms with Crippen LogP contribution in [0.1, 0.15) is 33.1 Å². The molecule has 82 valence electrons. The van der Waals surface area contributed by atoms with E-state index >= 15 is 0 Å². The van der Waals surface area contributed by atoms with E-state index in [-0.39, 0.29) is 0 Å². The minimum absolute atomic E-state index is 0.452. The van der Waals surface area contributed by atoms with Gasteiger partial charge in [-0.2, -0.15) is 5.26 Å². The maximum absolute atomic E-state index is 8.77. The third-order valence-corrected chi connectivity index (χ3v) is 2.96. The van der Waals surface area contributed by atoms with Crippen molar-refractivity contribution >= 4 is 0 Å². The van der Waals surface area contributed by atoms with Gasteiger partial charge in [-0.25, -0.2) is 0 Å². The number of hydrogen-bond acceptors (Lipinski definition) is 2. The molecule has 1 unspecified atom stereocenters. The van der Waals surface area contributed by atoms with Crippen molar-refractivity contribution in [3.8, 4) is 6.07 Å². The van der Waals surface area contributed by atoms with Gasteiger partial charge in [0.2, 0.25) is 0 Å². The van der Waals surface area contributed by atoms with Crippen molar-refractivity contribution in [3.05, 3.63) is 23.8 Å². The molecule has 0 aliphatic carbocycles. The van der Waals surface area contributed by atoms with Gasteiger partial charge < -0.3 is 0 Å². The van der Waals surface area contributed by atoms with E-state index < -0.39 is 0 Å². The first-order valence-electron chi connectivity index (χ1n) is 5.76. The second-order valence-corrected chi connectivity index (χ2v) is 4.05. The minimum atomic E-state index is 0.452. The Morgan fingerprint density at radius 3 is 2.53 bits per heavy atom. The van der Waals surface area contributed by atoms with E-state index in [1.165, 1.54) is 32.4 Å². The molecule has 1 saturated heterocycles. The molecule has 2 heteroatoms. The SMILES string of the molecule is C/C=C(C#N)\C=C/C(C)N1CCCCC1. The fourth-order valence-electron chi connectivity index (χ4n) is 1.89. The van der Waals surface area contributed by atoms with Gasteiger partial charge in [0, 0.05) is 11.6 Å². The highest BCUT2D eigenvalue weighted by Crippen LogP contribution is 2.13. The number of nitriles is 1. The summed E-state index contributed by atoms with van der Waals surface area (Å²) in [6, 6.07) is 2.62. The molecular weight excluding hydrogens is 184 g/mol. The molecule has 0 N–H and O–H groups in total.